The van der Waals surface area contributed by atoms with Crippen LogP contribution in [0, 0.1) is 0 Å². The van der Waals surface area contributed by atoms with Crippen molar-refractivity contribution in [2.45, 2.75) is 19.5 Å². The molecule has 0 saturated carbocycles. The van der Waals surface area contributed by atoms with Gasteiger partial charge >= 0.3 is 0 Å². The van der Waals surface area contributed by atoms with Crippen molar-refractivity contribution in [1.29, 1.82) is 0 Å². The number of nitrogens with zero attached hydrogens (tertiary/aromatic N) is 2. The van der Waals surface area contributed by atoms with E-state index >= 15 is 0 Å². The highest BCUT2D eigenvalue weighted by atomic mass is 32.1. The first-order valence-electron chi connectivity index (χ1n) is 3.94. The fourth-order valence-corrected chi connectivity index (χ4v) is 1.70. The molecule has 1 heterocycles. The van der Waals surface area contributed by atoms with Crippen LogP contribution in [0.25, 0.3) is 0 Å². The quantitative estimate of drug-likeness (QED) is 0.770. The van der Waals surface area contributed by atoms with Gasteiger partial charge in [-0.25, -0.2) is 4.98 Å². The fraction of sp³-hybridized carbons (Fsp3) is 0.625. The maximum Gasteiger partial charge on any atom is 0.109 e. The first-order valence-corrected chi connectivity index (χ1v) is 4.82. The highest BCUT2D eigenvalue weighted by Crippen LogP contribution is 2.16. The highest BCUT2D eigenvalue weighted by molar-refractivity contribution is 7.09. The Morgan fingerprint density at radius 2 is 2.33 bits per heavy atom. The average Bonchev–Trinajstić information content (AvgIpc) is 2.34. The van der Waals surface area contributed by atoms with Crippen molar-refractivity contribution in [3.8, 4) is 0 Å². The summed E-state index contributed by atoms with van der Waals surface area (Å²) in [7, 11) is 4.07. The highest BCUT2D eigenvalue weighted by Gasteiger charge is 2.05. The maximum absolute atomic E-state index is 5.69. The van der Waals surface area contributed by atoms with Crippen LogP contribution in [0.5, 0.6) is 0 Å². The van der Waals surface area contributed by atoms with Crippen molar-refractivity contribution in [2.75, 3.05) is 14.1 Å². The van der Waals surface area contributed by atoms with Gasteiger partial charge in [0, 0.05) is 11.9 Å². The molecule has 0 aliphatic heterocycles. The molecule has 0 aromatic carbocycles. The summed E-state index contributed by atoms with van der Waals surface area (Å²) in [5.74, 6) is 0. The predicted octanol–water partition coefficient (Wildman–Crippen LogP) is 1.22. The lowest BCUT2D eigenvalue weighted by atomic mass is 10.4. The Labute approximate surface area is 77.2 Å². The van der Waals surface area contributed by atoms with E-state index in [1.165, 1.54) is 0 Å². The van der Waals surface area contributed by atoms with Crippen molar-refractivity contribution in [3.63, 3.8) is 0 Å². The van der Waals surface area contributed by atoms with E-state index in [2.05, 4.69) is 15.3 Å². The molecule has 1 aromatic heterocycles. The standard InChI is InChI=1S/C8H15N3S/c1-6(9)8-10-7(5-12-8)4-11(2)3/h5-6H,4,9H2,1-3H3/t6-/m0/s1. The second kappa shape index (κ2) is 3.98. The van der Waals surface area contributed by atoms with E-state index in [0.717, 1.165) is 17.2 Å². The van der Waals surface area contributed by atoms with Crippen LogP contribution in [0.4, 0.5) is 0 Å². The second-order valence-corrected chi connectivity index (χ2v) is 4.09. The van der Waals surface area contributed by atoms with Gasteiger partial charge in [0.1, 0.15) is 5.01 Å². The van der Waals surface area contributed by atoms with Gasteiger partial charge in [-0.05, 0) is 21.0 Å². The molecule has 3 nitrogen and oxygen atoms in total. The van der Waals surface area contributed by atoms with Crippen LogP contribution >= 0.6 is 11.3 Å². The van der Waals surface area contributed by atoms with Gasteiger partial charge in [0.15, 0.2) is 0 Å². The topological polar surface area (TPSA) is 42.1 Å². The van der Waals surface area contributed by atoms with E-state index < -0.39 is 0 Å². The van der Waals surface area contributed by atoms with Crippen molar-refractivity contribution in [1.82, 2.24) is 9.88 Å². The minimum absolute atomic E-state index is 0.0610. The molecular formula is C8H15N3S. The molecule has 0 fully saturated rings. The molecule has 1 atom stereocenters. The summed E-state index contributed by atoms with van der Waals surface area (Å²) in [6.07, 6.45) is 0. The molecule has 2 N–H and O–H groups in total. The number of nitrogens with two attached hydrogens (primary N) is 1. The van der Waals surface area contributed by atoms with E-state index in [-0.39, 0.29) is 6.04 Å². The number of rotatable bonds is 3. The van der Waals surface area contributed by atoms with E-state index in [0.29, 0.717) is 0 Å². The Morgan fingerprint density at radius 3 is 2.75 bits per heavy atom. The minimum Gasteiger partial charge on any atom is -0.322 e. The van der Waals surface area contributed by atoms with Crippen LogP contribution in [0.3, 0.4) is 0 Å². The van der Waals surface area contributed by atoms with Crippen LogP contribution in [0.1, 0.15) is 23.7 Å². The molecule has 0 unspecified atom stereocenters. The third-order valence-corrected chi connectivity index (χ3v) is 2.53. The molecule has 0 amide bonds. The van der Waals surface area contributed by atoms with E-state index in [9.17, 15) is 0 Å². The SMILES string of the molecule is C[C@H](N)c1nc(CN(C)C)cs1. The third kappa shape index (κ3) is 2.55. The van der Waals surface area contributed by atoms with Gasteiger partial charge in [0.2, 0.25) is 0 Å². The second-order valence-electron chi connectivity index (χ2n) is 3.20. The van der Waals surface area contributed by atoms with Gasteiger partial charge < -0.3 is 10.6 Å². The first kappa shape index (κ1) is 9.64. The van der Waals surface area contributed by atoms with Crippen LogP contribution in [-0.4, -0.2) is 24.0 Å². The van der Waals surface area contributed by atoms with Gasteiger partial charge in [-0.1, -0.05) is 0 Å². The molecule has 0 aliphatic rings. The summed E-state index contributed by atoms with van der Waals surface area (Å²) in [6, 6.07) is 0.0610. The molecule has 0 spiro atoms. The lowest BCUT2D eigenvalue weighted by Crippen LogP contribution is -2.11. The summed E-state index contributed by atoms with van der Waals surface area (Å²) >= 11 is 1.64. The maximum atomic E-state index is 5.69. The van der Waals surface area contributed by atoms with E-state index in [4.69, 9.17) is 5.73 Å². The third-order valence-electron chi connectivity index (χ3n) is 1.44. The first-order chi connectivity index (χ1) is 5.59. The van der Waals surface area contributed by atoms with Crippen LogP contribution in [0.15, 0.2) is 5.38 Å². The lowest BCUT2D eigenvalue weighted by molar-refractivity contribution is 0.397. The summed E-state index contributed by atoms with van der Waals surface area (Å²) in [6.45, 7) is 2.85. The largest absolute Gasteiger partial charge is 0.322 e. The van der Waals surface area contributed by atoms with Crippen molar-refractivity contribution >= 4 is 11.3 Å². The zero-order chi connectivity index (χ0) is 9.14. The number of thiazole rings is 1. The normalized spacial score (nSPS) is 13.8. The molecular weight excluding hydrogens is 170 g/mol. The minimum atomic E-state index is 0.0610. The molecule has 0 aliphatic carbocycles. The molecule has 0 radical (unpaired) electrons. The Hall–Kier alpha value is -0.450. The Kier molecular flexibility index (Phi) is 3.20. The Balaban J connectivity index is 2.64. The smallest absolute Gasteiger partial charge is 0.109 e. The van der Waals surface area contributed by atoms with E-state index in [1.807, 2.05) is 21.0 Å². The molecule has 0 bridgehead atoms. The van der Waals surface area contributed by atoms with Crippen LogP contribution < -0.4 is 5.73 Å². The average molecular weight is 185 g/mol. The molecule has 0 saturated heterocycles. The summed E-state index contributed by atoms with van der Waals surface area (Å²) < 4.78 is 0. The molecule has 4 heteroatoms. The molecule has 1 aromatic rings. The van der Waals surface area contributed by atoms with Crippen LogP contribution in [-0.2, 0) is 6.54 Å². The summed E-state index contributed by atoms with van der Waals surface area (Å²) in [5, 5.41) is 3.09. The number of hydrogen-bond donors (Lipinski definition) is 1. The Bertz CT molecular complexity index is 242. The van der Waals surface area contributed by atoms with Gasteiger partial charge in [-0.3, -0.25) is 0 Å². The monoisotopic (exact) mass is 185 g/mol. The van der Waals surface area contributed by atoms with E-state index in [1.54, 1.807) is 11.3 Å². The molecule has 1 rings (SSSR count). The zero-order valence-corrected chi connectivity index (χ0v) is 8.56. The lowest BCUT2D eigenvalue weighted by Gasteiger charge is -2.05. The number of aromatic nitrogens is 1. The van der Waals surface area contributed by atoms with Gasteiger partial charge in [-0.15, -0.1) is 11.3 Å². The van der Waals surface area contributed by atoms with Crippen molar-refractivity contribution in [2.24, 2.45) is 5.73 Å². The molecule has 12 heavy (non-hydrogen) atoms. The molecule has 68 valence electrons. The zero-order valence-electron chi connectivity index (χ0n) is 7.74. The predicted molar refractivity (Wildman–Crippen MR) is 52.1 cm³/mol. The van der Waals surface area contributed by atoms with Crippen molar-refractivity contribution < 1.29 is 0 Å². The van der Waals surface area contributed by atoms with Crippen molar-refractivity contribution in [3.05, 3.63) is 16.1 Å². The Morgan fingerprint density at radius 1 is 1.67 bits per heavy atom. The van der Waals surface area contributed by atoms with Gasteiger partial charge in [-0.2, -0.15) is 0 Å². The van der Waals surface area contributed by atoms with Gasteiger partial charge in [0.25, 0.3) is 0 Å². The summed E-state index contributed by atoms with van der Waals surface area (Å²) in [4.78, 5) is 6.50. The van der Waals surface area contributed by atoms with Gasteiger partial charge in [0.05, 0.1) is 11.7 Å². The fourth-order valence-electron chi connectivity index (χ4n) is 0.928. The van der Waals surface area contributed by atoms with Crippen LogP contribution in [0.2, 0.25) is 0 Å². The summed E-state index contributed by atoms with van der Waals surface area (Å²) in [5.41, 5.74) is 6.80. The number of hydrogen-bond acceptors (Lipinski definition) is 4.